The van der Waals surface area contributed by atoms with E-state index in [1.807, 2.05) is 4.52 Å². The summed E-state index contributed by atoms with van der Waals surface area (Å²) in [5.41, 5.74) is 6.93. The minimum Gasteiger partial charge on any atom is -0.347 e. The predicted octanol–water partition coefficient (Wildman–Crippen LogP) is 4.59. The standard InChI is InChI=1S/C24H26N6/c1-16-7-6-10-19-23(16)24(26-15-25-19)29-12-5-4-11-21(29)20-13-22-27-18-9-3-2-8-17(18)14-30(22)28-20/h6-7,10,13-15,21H,2-5,8-9,11-12H2,1H3. The third kappa shape index (κ3) is 2.85. The maximum Gasteiger partial charge on any atom is 0.155 e. The van der Waals surface area contributed by atoms with Crippen LogP contribution in [0.1, 0.15) is 60.7 Å². The first-order valence-corrected chi connectivity index (χ1v) is 11.1. The lowest BCUT2D eigenvalue weighted by Gasteiger charge is -2.36. The first-order valence-electron chi connectivity index (χ1n) is 11.1. The molecule has 3 aromatic heterocycles. The third-order valence-electron chi connectivity index (χ3n) is 6.71. The van der Waals surface area contributed by atoms with Gasteiger partial charge in [0.2, 0.25) is 0 Å². The number of anilines is 1. The molecule has 0 saturated carbocycles. The number of hydrogen-bond donors (Lipinski definition) is 0. The predicted molar refractivity (Wildman–Crippen MR) is 118 cm³/mol. The maximum atomic E-state index is 4.99. The lowest BCUT2D eigenvalue weighted by Crippen LogP contribution is -2.34. The minimum absolute atomic E-state index is 0.218. The molecule has 4 heterocycles. The largest absolute Gasteiger partial charge is 0.347 e. The summed E-state index contributed by atoms with van der Waals surface area (Å²) in [5, 5.41) is 6.15. The highest BCUT2D eigenvalue weighted by Gasteiger charge is 2.29. The Hall–Kier alpha value is -3.02. The van der Waals surface area contributed by atoms with Crippen LogP contribution in [0.3, 0.4) is 0 Å². The van der Waals surface area contributed by atoms with E-state index in [0.29, 0.717) is 0 Å². The fraction of sp³-hybridized carbons (Fsp3) is 0.417. The van der Waals surface area contributed by atoms with Gasteiger partial charge in [-0.3, -0.25) is 0 Å². The molecule has 2 aliphatic rings. The molecule has 0 radical (unpaired) electrons. The first kappa shape index (κ1) is 17.8. The molecule has 1 aromatic carbocycles. The average Bonchev–Trinajstić information content (AvgIpc) is 3.20. The van der Waals surface area contributed by atoms with Crippen LogP contribution in [-0.4, -0.2) is 31.1 Å². The third-order valence-corrected chi connectivity index (χ3v) is 6.71. The molecule has 1 atom stereocenters. The highest BCUT2D eigenvalue weighted by Crippen LogP contribution is 2.37. The van der Waals surface area contributed by atoms with Gasteiger partial charge in [-0.25, -0.2) is 19.5 Å². The van der Waals surface area contributed by atoms with Gasteiger partial charge in [-0.05, 0) is 69.1 Å². The van der Waals surface area contributed by atoms with E-state index in [2.05, 4.69) is 47.3 Å². The Morgan fingerprint density at radius 3 is 2.93 bits per heavy atom. The number of rotatable bonds is 2. The molecule has 0 bridgehead atoms. The SMILES string of the molecule is Cc1cccc2ncnc(N3CCCCC3c3cc4nc5c(cn4n3)CCCC5)c12. The number of nitrogens with zero attached hydrogens (tertiary/aromatic N) is 6. The number of benzene rings is 1. The Morgan fingerprint density at radius 1 is 1.03 bits per heavy atom. The van der Waals surface area contributed by atoms with Crippen molar-refractivity contribution in [3.05, 3.63) is 59.3 Å². The van der Waals surface area contributed by atoms with Crippen molar-refractivity contribution in [2.24, 2.45) is 0 Å². The molecular formula is C24H26N6. The van der Waals surface area contributed by atoms with Crippen molar-refractivity contribution in [2.75, 3.05) is 11.4 Å². The van der Waals surface area contributed by atoms with E-state index in [1.165, 1.54) is 42.5 Å². The second kappa shape index (κ2) is 7.04. The van der Waals surface area contributed by atoms with Crippen LogP contribution in [0.15, 0.2) is 36.8 Å². The summed E-state index contributed by atoms with van der Waals surface area (Å²) >= 11 is 0. The Kier molecular flexibility index (Phi) is 4.18. The monoisotopic (exact) mass is 398 g/mol. The summed E-state index contributed by atoms with van der Waals surface area (Å²) in [6.45, 7) is 3.14. The van der Waals surface area contributed by atoms with Crippen molar-refractivity contribution in [1.29, 1.82) is 0 Å². The van der Waals surface area contributed by atoms with Crippen molar-refractivity contribution in [3.63, 3.8) is 0 Å². The average molecular weight is 399 g/mol. The minimum atomic E-state index is 0.218. The van der Waals surface area contributed by atoms with Crippen LogP contribution >= 0.6 is 0 Å². The highest BCUT2D eigenvalue weighted by molar-refractivity contribution is 5.92. The van der Waals surface area contributed by atoms with Crippen molar-refractivity contribution in [2.45, 2.75) is 57.9 Å². The van der Waals surface area contributed by atoms with Crippen molar-refractivity contribution in [1.82, 2.24) is 24.6 Å². The molecule has 1 fully saturated rings. The van der Waals surface area contributed by atoms with E-state index < -0.39 is 0 Å². The number of piperidine rings is 1. The number of aryl methyl sites for hydroxylation is 3. The summed E-state index contributed by atoms with van der Waals surface area (Å²) in [6, 6.07) is 8.70. The van der Waals surface area contributed by atoms with Gasteiger partial charge < -0.3 is 4.90 Å². The molecule has 0 N–H and O–H groups in total. The Balaban J connectivity index is 1.46. The number of hydrogen-bond acceptors (Lipinski definition) is 5. The fourth-order valence-corrected chi connectivity index (χ4v) is 5.18. The zero-order valence-corrected chi connectivity index (χ0v) is 17.4. The highest BCUT2D eigenvalue weighted by atomic mass is 15.3. The van der Waals surface area contributed by atoms with Crippen molar-refractivity contribution >= 4 is 22.4 Å². The van der Waals surface area contributed by atoms with Gasteiger partial charge >= 0.3 is 0 Å². The molecule has 4 aromatic rings. The molecule has 30 heavy (non-hydrogen) atoms. The zero-order chi connectivity index (χ0) is 20.1. The van der Waals surface area contributed by atoms with E-state index in [4.69, 9.17) is 15.1 Å². The summed E-state index contributed by atoms with van der Waals surface area (Å²) in [7, 11) is 0. The first-order chi connectivity index (χ1) is 14.8. The summed E-state index contributed by atoms with van der Waals surface area (Å²) in [6.07, 6.45) is 12.1. The summed E-state index contributed by atoms with van der Waals surface area (Å²) < 4.78 is 2.00. The van der Waals surface area contributed by atoms with E-state index in [0.717, 1.165) is 53.9 Å². The lowest BCUT2D eigenvalue weighted by molar-refractivity contribution is 0.461. The molecule has 6 heteroatoms. The van der Waals surface area contributed by atoms with Crippen molar-refractivity contribution < 1.29 is 0 Å². The van der Waals surface area contributed by atoms with Crippen molar-refractivity contribution in [3.8, 4) is 0 Å². The van der Waals surface area contributed by atoms with Crippen LogP contribution in [0.5, 0.6) is 0 Å². The summed E-state index contributed by atoms with van der Waals surface area (Å²) in [5.74, 6) is 1.03. The Bertz CT molecular complexity index is 1200. The van der Waals surface area contributed by atoms with Gasteiger partial charge in [-0.15, -0.1) is 0 Å². The maximum absolute atomic E-state index is 4.99. The van der Waals surface area contributed by atoms with Crippen LogP contribution in [0.2, 0.25) is 0 Å². The molecule has 1 aliphatic carbocycles. The summed E-state index contributed by atoms with van der Waals surface area (Å²) in [4.78, 5) is 16.7. The van der Waals surface area contributed by atoms with E-state index in [1.54, 1.807) is 6.33 Å². The molecule has 0 spiro atoms. The molecule has 152 valence electrons. The van der Waals surface area contributed by atoms with Gasteiger partial charge in [-0.1, -0.05) is 12.1 Å². The second-order valence-electron chi connectivity index (χ2n) is 8.66. The molecule has 1 unspecified atom stereocenters. The molecular weight excluding hydrogens is 372 g/mol. The quantitative estimate of drug-likeness (QED) is 0.494. The molecule has 6 rings (SSSR count). The smallest absolute Gasteiger partial charge is 0.155 e. The number of fused-ring (bicyclic) bond motifs is 3. The van der Waals surface area contributed by atoms with Crippen LogP contribution in [0.4, 0.5) is 5.82 Å². The van der Waals surface area contributed by atoms with Gasteiger partial charge in [-0.2, -0.15) is 5.10 Å². The topological polar surface area (TPSA) is 59.2 Å². The van der Waals surface area contributed by atoms with Gasteiger partial charge in [0.05, 0.1) is 17.3 Å². The van der Waals surface area contributed by atoms with E-state index >= 15 is 0 Å². The van der Waals surface area contributed by atoms with E-state index in [-0.39, 0.29) is 6.04 Å². The van der Waals surface area contributed by atoms with Crippen LogP contribution in [0, 0.1) is 6.92 Å². The molecule has 1 aliphatic heterocycles. The second-order valence-corrected chi connectivity index (χ2v) is 8.66. The lowest BCUT2D eigenvalue weighted by atomic mass is 9.97. The van der Waals surface area contributed by atoms with Crippen LogP contribution in [0.25, 0.3) is 16.6 Å². The van der Waals surface area contributed by atoms with Crippen LogP contribution < -0.4 is 4.90 Å². The number of aromatic nitrogens is 5. The van der Waals surface area contributed by atoms with Crippen LogP contribution in [-0.2, 0) is 12.8 Å². The zero-order valence-electron chi connectivity index (χ0n) is 17.4. The van der Waals surface area contributed by atoms with Gasteiger partial charge in [0.15, 0.2) is 5.65 Å². The Labute approximate surface area is 176 Å². The van der Waals surface area contributed by atoms with E-state index in [9.17, 15) is 0 Å². The molecule has 6 nitrogen and oxygen atoms in total. The fourth-order valence-electron chi connectivity index (χ4n) is 5.18. The molecule has 0 amide bonds. The van der Waals surface area contributed by atoms with Gasteiger partial charge in [0.1, 0.15) is 12.1 Å². The van der Waals surface area contributed by atoms with Gasteiger partial charge in [0.25, 0.3) is 0 Å². The Morgan fingerprint density at radius 2 is 1.97 bits per heavy atom. The molecule has 1 saturated heterocycles. The van der Waals surface area contributed by atoms with Gasteiger partial charge in [0, 0.05) is 29.9 Å². The normalized spacial score (nSPS) is 19.4.